The molecule has 0 unspecified atom stereocenters. The summed E-state index contributed by atoms with van der Waals surface area (Å²) in [5.41, 5.74) is 2.24. The number of aryl methyl sites for hydroxylation is 1. The van der Waals surface area contributed by atoms with Crippen LogP contribution in [0.1, 0.15) is 30.8 Å². The molecule has 0 aliphatic carbocycles. The van der Waals surface area contributed by atoms with Gasteiger partial charge in [0.1, 0.15) is 0 Å². The largest absolute Gasteiger partial charge is 0.369 e. The Morgan fingerprint density at radius 3 is 2.29 bits per heavy atom. The van der Waals surface area contributed by atoms with E-state index in [1.165, 1.54) is 10.4 Å². The van der Waals surface area contributed by atoms with Crippen LogP contribution in [0.5, 0.6) is 0 Å². The zero-order valence-corrected chi connectivity index (χ0v) is 18.7. The lowest BCUT2D eigenvalue weighted by atomic mass is 10.1. The Labute approximate surface area is 183 Å². The Bertz CT molecular complexity index is 1090. The highest BCUT2D eigenvalue weighted by atomic mass is 32.2. The summed E-state index contributed by atoms with van der Waals surface area (Å²) in [6, 6.07) is 17.2. The number of rotatable bonds is 7. The van der Waals surface area contributed by atoms with E-state index in [0.29, 0.717) is 5.82 Å². The van der Waals surface area contributed by atoms with Crippen molar-refractivity contribution in [2.24, 2.45) is 0 Å². The number of piperazine rings is 1. The molecule has 2 aromatic carbocycles. The highest BCUT2D eigenvalue weighted by molar-refractivity contribution is 7.90. The summed E-state index contributed by atoms with van der Waals surface area (Å²) in [5.74, 6) is 0.338. The Morgan fingerprint density at radius 1 is 0.968 bits per heavy atom. The molecule has 1 aromatic heterocycles. The zero-order valence-electron chi connectivity index (χ0n) is 17.9. The highest BCUT2D eigenvalue weighted by Gasteiger charge is 2.29. The quantitative estimate of drug-likeness (QED) is 0.558. The van der Waals surface area contributed by atoms with Crippen LogP contribution in [0.15, 0.2) is 59.5 Å². The first-order valence-electron chi connectivity index (χ1n) is 10.6. The Kier molecular flexibility index (Phi) is 6.33. The minimum atomic E-state index is -3.55. The van der Waals surface area contributed by atoms with E-state index in [4.69, 9.17) is 0 Å². The Balaban J connectivity index is 1.48. The molecule has 1 atom stereocenters. The van der Waals surface area contributed by atoms with Gasteiger partial charge in [0, 0.05) is 31.9 Å². The number of nitrogens with zero attached hydrogens (tertiary/aromatic N) is 6. The van der Waals surface area contributed by atoms with Crippen molar-refractivity contribution >= 4 is 15.5 Å². The van der Waals surface area contributed by atoms with Gasteiger partial charge in [0.25, 0.3) is 0 Å². The molecule has 4 rings (SSSR count). The minimum Gasteiger partial charge on any atom is -0.369 e. The van der Waals surface area contributed by atoms with Crippen molar-refractivity contribution in [3.8, 4) is 0 Å². The number of hydrogen-bond donors (Lipinski definition) is 0. The van der Waals surface area contributed by atoms with Gasteiger partial charge in [0.05, 0.1) is 10.9 Å². The number of hydrogen-bond acceptors (Lipinski definition) is 7. The molecule has 1 fully saturated rings. The molecular formula is C22H28N6O2S. The summed E-state index contributed by atoms with van der Waals surface area (Å²) < 4.78 is 27.3. The van der Waals surface area contributed by atoms with Crippen molar-refractivity contribution in [2.75, 3.05) is 31.1 Å². The third-order valence-corrected chi connectivity index (χ3v) is 7.37. The standard InChI is InChI=1S/C22H28N6O2S/c1-3-21(27-15-13-26(14-16-27)19-7-5-4-6-8-19)22-23-24-25-28(22)17-31(29,30)20-11-9-18(2)10-12-20/h4-12,21H,3,13-17H2,1-2H3/t21-/m0/s1. The van der Waals surface area contributed by atoms with Crippen LogP contribution in [0.3, 0.4) is 0 Å². The predicted molar refractivity (Wildman–Crippen MR) is 119 cm³/mol. The molecule has 0 N–H and O–H groups in total. The summed E-state index contributed by atoms with van der Waals surface area (Å²) >= 11 is 0. The van der Waals surface area contributed by atoms with Gasteiger partial charge in [-0.05, 0) is 48.0 Å². The van der Waals surface area contributed by atoms with E-state index < -0.39 is 9.84 Å². The molecule has 31 heavy (non-hydrogen) atoms. The lowest BCUT2D eigenvalue weighted by Crippen LogP contribution is -2.48. The first kappa shape index (κ1) is 21.5. The maximum Gasteiger partial charge on any atom is 0.198 e. The fourth-order valence-electron chi connectivity index (χ4n) is 4.06. The van der Waals surface area contributed by atoms with Gasteiger partial charge in [-0.3, -0.25) is 4.90 Å². The molecule has 1 aliphatic rings. The SMILES string of the molecule is CC[C@@H](c1nnnn1CS(=O)(=O)c1ccc(C)cc1)N1CCN(c2ccccc2)CC1. The van der Waals surface area contributed by atoms with Crippen LogP contribution in [0.2, 0.25) is 0 Å². The highest BCUT2D eigenvalue weighted by Crippen LogP contribution is 2.26. The summed E-state index contributed by atoms with van der Waals surface area (Å²) in [6.07, 6.45) is 0.802. The number of benzene rings is 2. The molecule has 3 aromatic rings. The molecule has 2 heterocycles. The van der Waals surface area contributed by atoms with Crippen molar-refractivity contribution in [1.29, 1.82) is 0 Å². The normalized spacial score (nSPS) is 16.4. The number of tetrazole rings is 1. The van der Waals surface area contributed by atoms with Crippen molar-refractivity contribution in [1.82, 2.24) is 25.1 Å². The Hall–Kier alpha value is -2.78. The third kappa shape index (κ3) is 4.77. The van der Waals surface area contributed by atoms with Gasteiger partial charge in [-0.25, -0.2) is 13.1 Å². The van der Waals surface area contributed by atoms with Crippen LogP contribution in [0.4, 0.5) is 5.69 Å². The predicted octanol–water partition coefficient (Wildman–Crippen LogP) is 2.69. The fourth-order valence-corrected chi connectivity index (χ4v) is 5.26. The van der Waals surface area contributed by atoms with Crippen LogP contribution in [-0.2, 0) is 15.7 Å². The minimum absolute atomic E-state index is 0.0267. The molecule has 0 bridgehead atoms. The number of sulfone groups is 1. The Morgan fingerprint density at radius 2 is 1.65 bits per heavy atom. The molecular weight excluding hydrogens is 412 g/mol. The monoisotopic (exact) mass is 440 g/mol. The average molecular weight is 441 g/mol. The van der Waals surface area contributed by atoms with E-state index in [2.05, 4.69) is 56.5 Å². The lowest BCUT2D eigenvalue weighted by Gasteiger charge is -2.39. The van der Waals surface area contributed by atoms with E-state index in [1.807, 2.05) is 13.0 Å². The number of aromatic nitrogens is 4. The molecule has 9 heteroatoms. The van der Waals surface area contributed by atoms with Gasteiger partial charge in [-0.2, -0.15) is 0 Å². The van der Waals surface area contributed by atoms with Crippen molar-refractivity contribution in [3.05, 3.63) is 66.0 Å². The van der Waals surface area contributed by atoms with E-state index >= 15 is 0 Å². The summed E-state index contributed by atoms with van der Waals surface area (Å²) in [5, 5.41) is 12.0. The lowest BCUT2D eigenvalue weighted by molar-refractivity contribution is 0.170. The van der Waals surface area contributed by atoms with E-state index in [1.54, 1.807) is 24.3 Å². The van der Waals surface area contributed by atoms with Crippen molar-refractivity contribution < 1.29 is 8.42 Å². The molecule has 1 aliphatic heterocycles. The first-order valence-corrected chi connectivity index (χ1v) is 12.2. The maximum absolute atomic E-state index is 12.9. The summed E-state index contributed by atoms with van der Waals surface area (Å²) in [7, 11) is -3.55. The zero-order chi connectivity index (χ0) is 21.8. The van der Waals surface area contributed by atoms with Gasteiger partial charge >= 0.3 is 0 Å². The van der Waals surface area contributed by atoms with E-state index in [9.17, 15) is 8.42 Å². The van der Waals surface area contributed by atoms with Gasteiger partial charge in [0.15, 0.2) is 21.5 Å². The van der Waals surface area contributed by atoms with Crippen LogP contribution in [0.25, 0.3) is 0 Å². The van der Waals surface area contributed by atoms with E-state index in [-0.39, 0.29) is 16.8 Å². The molecule has 164 valence electrons. The second kappa shape index (κ2) is 9.15. The smallest absolute Gasteiger partial charge is 0.198 e. The number of anilines is 1. The fraction of sp³-hybridized carbons (Fsp3) is 0.409. The van der Waals surface area contributed by atoms with Crippen molar-refractivity contribution in [2.45, 2.75) is 37.1 Å². The van der Waals surface area contributed by atoms with E-state index in [0.717, 1.165) is 38.2 Å². The molecule has 8 nitrogen and oxygen atoms in total. The van der Waals surface area contributed by atoms with Crippen LogP contribution in [-0.4, -0.2) is 59.7 Å². The van der Waals surface area contributed by atoms with Gasteiger partial charge in [-0.15, -0.1) is 5.10 Å². The van der Waals surface area contributed by atoms with Gasteiger partial charge < -0.3 is 4.90 Å². The van der Waals surface area contributed by atoms with Crippen LogP contribution >= 0.6 is 0 Å². The molecule has 0 amide bonds. The second-order valence-electron chi connectivity index (χ2n) is 7.88. The molecule has 0 saturated carbocycles. The van der Waals surface area contributed by atoms with Crippen LogP contribution in [0, 0.1) is 6.92 Å². The van der Waals surface area contributed by atoms with Gasteiger partial charge in [-0.1, -0.05) is 42.8 Å². The molecule has 1 saturated heterocycles. The average Bonchev–Trinajstić information content (AvgIpc) is 3.23. The molecule has 0 radical (unpaired) electrons. The number of para-hydroxylation sites is 1. The topological polar surface area (TPSA) is 84.2 Å². The van der Waals surface area contributed by atoms with Gasteiger partial charge in [0.2, 0.25) is 0 Å². The second-order valence-corrected chi connectivity index (χ2v) is 9.84. The summed E-state index contributed by atoms with van der Waals surface area (Å²) in [4.78, 5) is 5.00. The molecule has 0 spiro atoms. The maximum atomic E-state index is 12.9. The first-order chi connectivity index (χ1) is 15.0. The summed E-state index contributed by atoms with van der Waals surface area (Å²) in [6.45, 7) is 7.56. The third-order valence-electron chi connectivity index (χ3n) is 5.79. The van der Waals surface area contributed by atoms with Crippen molar-refractivity contribution in [3.63, 3.8) is 0 Å². The van der Waals surface area contributed by atoms with Crippen LogP contribution < -0.4 is 4.90 Å².